The van der Waals surface area contributed by atoms with Crippen molar-refractivity contribution in [3.8, 4) is 22.6 Å². The van der Waals surface area contributed by atoms with Crippen LogP contribution in [0.1, 0.15) is 24.1 Å². The van der Waals surface area contributed by atoms with Crippen LogP contribution in [0.15, 0.2) is 72.8 Å². The van der Waals surface area contributed by atoms with Gasteiger partial charge in [-0.05, 0) is 41.0 Å². The third kappa shape index (κ3) is 4.78. The van der Waals surface area contributed by atoms with Crippen molar-refractivity contribution >= 4 is 5.91 Å². The lowest BCUT2D eigenvalue weighted by Crippen LogP contribution is -2.49. The molecule has 1 saturated heterocycles. The predicted octanol–water partition coefficient (Wildman–Crippen LogP) is 4.78. The zero-order chi connectivity index (χ0) is 22.5. The van der Waals surface area contributed by atoms with Crippen molar-refractivity contribution < 1.29 is 14.3 Å². The second-order valence-electron chi connectivity index (χ2n) is 8.13. The molecule has 1 atom stereocenters. The number of methoxy groups -OCH3 is 2. The van der Waals surface area contributed by atoms with Gasteiger partial charge in [-0.25, -0.2) is 0 Å². The smallest absolute Gasteiger partial charge is 0.219 e. The number of hydrogen-bond acceptors (Lipinski definition) is 4. The largest absolute Gasteiger partial charge is 0.497 e. The highest BCUT2D eigenvalue weighted by atomic mass is 16.5. The summed E-state index contributed by atoms with van der Waals surface area (Å²) in [7, 11) is 3.38. The minimum atomic E-state index is 0.126. The Kier molecular flexibility index (Phi) is 6.76. The van der Waals surface area contributed by atoms with Gasteiger partial charge in [-0.2, -0.15) is 0 Å². The van der Waals surface area contributed by atoms with E-state index >= 15 is 0 Å². The van der Waals surface area contributed by atoms with Gasteiger partial charge in [-0.3, -0.25) is 9.69 Å². The molecule has 0 unspecified atom stereocenters. The van der Waals surface area contributed by atoms with E-state index in [2.05, 4.69) is 47.4 Å². The Morgan fingerprint density at radius 1 is 0.938 bits per heavy atom. The molecular formula is C27H30N2O3. The zero-order valence-electron chi connectivity index (χ0n) is 19.0. The summed E-state index contributed by atoms with van der Waals surface area (Å²) < 4.78 is 10.9. The Labute approximate surface area is 190 Å². The lowest BCUT2D eigenvalue weighted by Gasteiger charge is -2.41. The van der Waals surface area contributed by atoms with Crippen LogP contribution < -0.4 is 9.47 Å². The van der Waals surface area contributed by atoms with E-state index in [1.54, 1.807) is 21.1 Å². The second-order valence-corrected chi connectivity index (χ2v) is 8.13. The molecule has 0 saturated carbocycles. The highest BCUT2D eigenvalue weighted by molar-refractivity contribution is 5.73. The van der Waals surface area contributed by atoms with Gasteiger partial charge in [0.15, 0.2) is 0 Å². The maximum absolute atomic E-state index is 12.1. The summed E-state index contributed by atoms with van der Waals surface area (Å²) in [6, 6.07) is 25.0. The van der Waals surface area contributed by atoms with Crippen molar-refractivity contribution in [1.82, 2.24) is 9.80 Å². The number of hydrogen-bond donors (Lipinski definition) is 0. The van der Waals surface area contributed by atoms with E-state index in [-0.39, 0.29) is 11.9 Å². The molecular weight excluding hydrogens is 400 g/mol. The van der Waals surface area contributed by atoms with E-state index in [1.165, 1.54) is 11.1 Å². The SMILES string of the molecule is COc1ccc([C@H]2CN(C(C)=O)CCN2Cc2cccc(-c3ccccc3OC)c2)cc1. The van der Waals surface area contributed by atoms with Crippen LogP contribution in [0.5, 0.6) is 11.5 Å². The third-order valence-corrected chi connectivity index (χ3v) is 6.17. The fourth-order valence-electron chi connectivity index (χ4n) is 4.39. The summed E-state index contributed by atoms with van der Waals surface area (Å²) in [6.45, 7) is 4.72. The number of rotatable bonds is 6. The lowest BCUT2D eigenvalue weighted by molar-refractivity contribution is -0.132. The topological polar surface area (TPSA) is 42.0 Å². The van der Waals surface area contributed by atoms with Crippen LogP contribution in [-0.4, -0.2) is 49.6 Å². The number of carbonyl (C=O) groups is 1. The van der Waals surface area contributed by atoms with Crippen molar-refractivity contribution in [1.29, 1.82) is 0 Å². The number of carbonyl (C=O) groups excluding carboxylic acids is 1. The second kappa shape index (κ2) is 9.88. The van der Waals surface area contributed by atoms with Crippen LogP contribution in [-0.2, 0) is 11.3 Å². The molecule has 0 N–H and O–H groups in total. The predicted molar refractivity (Wildman–Crippen MR) is 127 cm³/mol. The van der Waals surface area contributed by atoms with Gasteiger partial charge in [0.05, 0.1) is 20.3 Å². The molecule has 1 fully saturated rings. The van der Waals surface area contributed by atoms with Crippen LogP contribution in [0.4, 0.5) is 0 Å². The first-order chi connectivity index (χ1) is 15.6. The van der Waals surface area contributed by atoms with Crippen molar-refractivity contribution in [2.24, 2.45) is 0 Å². The Balaban J connectivity index is 1.60. The van der Waals surface area contributed by atoms with Gasteiger partial charge in [0.2, 0.25) is 5.91 Å². The maximum atomic E-state index is 12.1. The number of para-hydroxylation sites is 1. The molecule has 0 radical (unpaired) electrons. The van der Waals surface area contributed by atoms with Crippen molar-refractivity contribution in [3.63, 3.8) is 0 Å². The van der Waals surface area contributed by atoms with E-state index < -0.39 is 0 Å². The Morgan fingerprint density at radius 2 is 1.72 bits per heavy atom. The summed E-state index contributed by atoms with van der Waals surface area (Å²) >= 11 is 0. The molecule has 1 aliphatic heterocycles. The molecule has 0 aromatic heterocycles. The van der Waals surface area contributed by atoms with E-state index in [9.17, 15) is 4.79 Å². The van der Waals surface area contributed by atoms with E-state index in [0.29, 0.717) is 6.54 Å². The molecule has 3 aromatic rings. The fourth-order valence-corrected chi connectivity index (χ4v) is 4.39. The average Bonchev–Trinajstić information content (AvgIpc) is 2.84. The first-order valence-electron chi connectivity index (χ1n) is 10.9. The maximum Gasteiger partial charge on any atom is 0.219 e. The highest BCUT2D eigenvalue weighted by Gasteiger charge is 2.29. The van der Waals surface area contributed by atoms with E-state index in [4.69, 9.17) is 9.47 Å². The van der Waals surface area contributed by atoms with Crippen LogP contribution >= 0.6 is 0 Å². The Hall–Kier alpha value is -3.31. The molecule has 1 amide bonds. The highest BCUT2D eigenvalue weighted by Crippen LogP contribution is 2.32. The van der Waals surface area contributed by atoms with Gasteiger partial charge in [-0.15, -0.1) is 0 Å². The van der Waals surface area contributed by atoms with Gasteiger partial charge >= 0.3 is 0 Å². The molecule has 5 nitrogen and oxygen atoms in total. The zero-order valence-corrected chi connectivity index (χ0v) is 19.0. The van der Waals surface area contributed by atoms with Crippen LogP contribution in [0, 0.1) is 0 Å². The molecule has 0 bridgehead atoms. The standard InChI is InChI=1S/C27H30N2O3/c1-20(30)28-15-16-29(26(19-28)22-11-13-24(31-2)14-12-22)18-21-7-6-8-23(17-21)25-9-4-5-10-27(25)32-3/h4-14,17,26H,15-16,18-19H2,1-3H3/t26-/m1/s1. The number of nitrogens with zero attached hydrogens (tertiary/aromatic N) is 2. The quantitative estimate of drug-likeness (QED) is 0.565. The molecule has 32 heavy (non-hydrogen) atoms. The third-order valence-electron chi connectivity index (χ3n) is 6.17. The van der Waals surface area contributed by atoms with Crippen LogP contribution in [0.25, 0.3) is 11.1 Å². The summed E-state index contributed by atoms with van der Waals surface area (Å²) in [5, 5.41) is 0. The Bertz CT molecular complexity index is 1060. The summed E-state index contributed by atoms with van der Waals surface area (Å²) in [4.78, 5) is 16.5. The van der Waals surface area contributed by atoms with Gasteiger partial charge in [0, 0.05) is 38.7 Å². The number of piperazine rings is 1. The van der Waals surface area contributed by atoms with Crippen molar-refractivity contribution in [2.45, 2.75) is 19.5 Å². The molecule has 0 spiro atoms. The molecule has 166 valence electrons. The van der Waals surface area contributed by atoms with E-state index in [1.807, 2.05) is 35.2 Å². The minimum absolute atomic E-state index is 0.126. The summed E-state index contributed by atoms with van der Waals surface area (Å²) in [6.07, 6.45) is 0. The first-order valence-corrected chi connectivity index (χ1v) is 10.9. The lowest BCUT2D eigenvalue weighted by atomic mass is 9.99. The minimum Gasteiger partial charge on any atom is -0.497 e. The Morgan fingerprint density at radius 3 is 2.44 bits per heavy atom. The molecule has 5 heteroatoms. The number of amides is 1. The van der Waals surface area contributed by atoms with E-state index in [0.717, 1.165) is 42.3 Å². The van der Waals surface area contributed by atoms with Crippen molar-refractivity contribution in [2.75, 3.05) is 33.9 Å². The molecule has 3 aromatic carbocycles. The molecule has 0 aliphatic carbocycles. The number of benzene rings is 3. The average molecular weight is 431 g/mol. The molecule has 1 heterocycles. The van der Waals surface area contributed by atoms with Crippen LogP contribution in [0.3, 0.4) is 0 Å². The fraction of sp³-hybridized carbons (Fsp3) is 0.296. The van der Waals surface area contributed by atoms with Gasteiger partial charge in [0.1, 0.15) is 11.5 Å². The van der Waals surface area contributed by atoms with Crippen molar-refractivity contribution in [3.05, 3.63) is 83.9 Å². The first kappa shape index (κ1) is 21.9. The van der Waals surface area contributed by atoms with Gasteiger partial charge < -0.3 is 14.4 Å². The van der Waals surface area contributed by atoms with Crippen LogP contribution in [0.2, 0.25) is 0 Å². The summed E-state index contributed by atoms with van der Waals surface area (Å²) in [5.41, 5.74) is 4.66. The normalized spacial score (nSPS) is 16.6. The molecule has 1 aliphatic rings. The summed E-state index contributed by atoms with van der Waals surface area (Å²) in [5.74, 6) is 1.83. The van der Waals surface area contributed by atoms with Gasteiger partial charge in [0.25, 0.3) is 0 Å². The van der Waals surface area contributed by atoms with Gasteiger partial charge in [-0.1, -0.05) is 48.5 Å². The monoisotopic (exact) mass is 430 g/mol. The number of ether oxygens (including phenoxy) is 2. The molecule has 4 rings (SSSR count).